The fraction of sp³-hybridized carbons (Fsp3) is 0.429. The summed E-state index contributed by atoms with van der Waals surface area (Å²) in [7, 11) is 1.38. The number of hydrogen-bond donors (Lipinski definition) is 1. The van der Waals surface area contributed by atoms with Crippen LogP contribution in [0.5, 0.6) is 5.75 Å². The van der Waals surface area contributed by atoms with Crippen molar-refractivity contribution in [2.24, 2.45) is 0 Å². The fourth-order valence-corrected chi connectivity index (χ4v) is 4.44. The van der Waals surface area contributed by atoms with Crippen LogP contribution in [0, 0.1) is 0 Å². The average Bonchev–Trinajstić information content (AvgIpc) is 3.25. The lowest BCUT2D eigenvalue weighted by molar-refractivity contribution is -0.171. The molecule has 9 heteroatoms. The summed E-state index contributed by atoms with van der Waals surface area (Å²) >= 11 is 1.13. The van der Waals surface area contributed by atoms with Gasteiger partial charge < -0.3 is 10.1 Å². The summed E-state index contributed by atoms with van der Waals surface area (Å²) < 4.78 is 45.7. The van der Waals surface area contributed by atoms with Crippen molar-refractivity contribution in [1.29, 1.82) is 0 Å². The normalized spacial score (nSPS) is 16.0. The summed E-state index contributed by atoms with van der Waals surface area (Å²) in [6, 6.07) is 7.38. The maximum atomic E-state index is 13.5. The predicted octanol–water partition coefficient (Wildman–Crippen LogP) is 4.84. The van der Waals surface area contributed by atoms with E-state index in [2.05, 4.69) is 5.32 Å². The Morgan fingerprint density at radius 3 is 2.50 bits per heavy atom. The minimum Gasteiger partial charge on any atom is -0.497 e. The number of rotatable bonds is 6. The number of carbonyl (C=O) groups excluding carboxylic acids is 2. The highest BCUT2D eigenvalue weighted by molar-refractivity contribution is 7.10. The number of methoxy groups -OCH3 is 1. The molecule has 0 spiro atoms. The Morgan fingerprint density at radius 1 is 1.17 bits per heavy atom. The van der Waals surface area contributed by atoms with Gasteiger partial charge in [0.25, 0.3) is 0 Å². The smallest absolute Gasteiger partial charge is 0.471 e. The molecule has 2 amide bonds. The quantitative estimate of drug-likeness (QED) is 0.699. The second-order valence-electron chi connectivity index (χ2n) is 7.14. The van der Waals surface area contributed by atoms with Gasteiger partial charge >= 0.3 is 12.1 Å². The Kier molecular flexibility index (Phi) is 7.02. The Balaban J connectivity index is 2.04. The van der Waals surface area contributed by atoms with Gasteiger partial charge in [-0.25, -0.2) is 0 Å². The minimum absolute atomic E-state index is 0.0612. The number of nitrogens with zero attached hydrogens (tertiary/aromatic N) is 1. The lowest BCUT2D eigenvalue weighted by Gasteiger charge is -2.33. The molecule has 3 rings (SSSR count). The van der Waals surface area contributed by atoms with Crippen LogP contribution < -0.4 is 15.0 Å². The van der Waals surface area contributed by atoms with Gasteiger partial charge in [0, 0.05) is 22.7 Å². The molecule has 1 aromatic carbocycles. The number of hydrogen-bond acceptors (Lipinski definition) is 4. The fourth-order valence-electron chi connectivity index (χ4n) is 3.63. The van der Waals surface area contributed by atoms with Crippen LogP contribution in [0.2, 0.25) is 0 Å². The Hall–Kier alpha value is -2.55. The van der Waals surface area contributed by atoms with Crippen LogP contribution in [0.15, 0.2) is 41.8 Å². The number of benzene rings is 1. The zero-order chi connectivity index (χ0) is 21.7. The molecule has 1 atom stereocenters. The number of anilines is 1. The standard InChI is InChI=1S/C21H23F3N2O3S/c1-29-16-10-5-9-15(13-16)26(20(28)21(22,23)24)18(17-11-6-12-30-17)19(27)25-14-7-3-2-4-8-14/h5-6,9-14,18H,2-4,7-8H2,1H3,(H,25,27). The van der Waals surface area contributed by atoms with Gasteiger partial charge in [0.2, 0.25) is 5.91 Å². The first-order valence-electron chi connectivity index (χ1n) is 9.69. The van der Waals surface area contributed by atoms with Gasteiger partial charge in [-0.1, -0.05) is 31.4 Å². The van der Waals surface area contributed by atoms with E-state index >= 15 is 0 Å². The lowest BCUT2D eigenvalue weighted by Crippen LogP contribution is -2.50. The van der Waals surface area contributed by atoms with E-state index in [-0.39, 0.29) is 17.5 Å². The molecule has 0 radical (unpaired) electrons. The zero-order valence-electron chi connectivity index (χ0n) is 16.4. The number of halogens is 3. The van der Waals surface area contributed by atoms with Gasteiger partial charge in [-0.3, -0.25) is 14.5 Å². The topological polar surface area (TPSA) is 58.6 Å². The molecule has 162 valence electrons. The van der Waals surface area contributed by atoms with Crippen LogP contribution >= 0.6 is 11.3 Å². The third-order valence-electron chi connectivity index (χ3n) is 5.06. The van der Waals surface area contributed by atoms with E-state index in [1.165, 1.54) is 25.3 Å². The predicted molar refractivity (Wildman–Crippen MR) is 109 cm³/mol. The number of ether oxygens (including phenoxy) is 1. The molecule has 5 nitrogen and oxygen atoms in total. The molecule has 1 unspecified atom stereocenters. The molecule has 0 aliphatic heterocycles. The average molecular weight is 440 g/mol. The highest BCUT2D eigenvalue weighted by Crippen LogP contribution is 2.36. The second kappa shape index (κ2) is 9.51. The summed E-state index contributed by atoms with van der Waals surface area (Å²) in [6.07, 6.45) is -0.622. The van der Waals surface area contributed by atoms with Crippen molar-refractivity contribution < 1.29 is 27.5 Å². The van der Waals surface area contributed by atoms with Crippen LogP contribution in [0.25, 0.3) is 0 Å². The number of amides is 2. The molecule has 1 saturated carbocycles. The van der Waals surface area contributed by atoms with Crippen LogP contribution in [-0.4, -0.2) is 31.1 Å². The Labute approximate surface area is 176 Å². The molecule has 1 N–H and O–H groups in total. The first kappa shape index (κ1) is 22.1. The van der Waals surface area contributed by atoms with Crippen LogP contribution in [0.4, 0.5) is 18.9 Å². The Bertz CT molecular complexity index is 865. The molecule has 1 aliphatic carbocycles. The number of alkyl halides is 3. The second-order valence-corrected chi connectivity index (χ2v) is 8.12. The molecule has 30 heavy (non-hydrogen) atoms. The number of thiophene rings is 1. The molecule has 1 aromatic heterocycles. The van der Waals surface area contributed by atoms with Gasteiger partial charge in [0.15, 0.2) is 6.04 Å². The molecule has 0 saturated heterocycles. The molecule has 1 aliphatic rings. The third-order valence-corrected chi connectivity index (χ3v) is 5.99. The lowest BCUT2D eigenvalue weighted by atomic mass is 9.95. The minimum atomic E-state index is -5.15. The number of nitrogens with one attached hydrogen (secondary N) is 1. The molecule has 2 aromatic rings. The summed E-state index contributed by atoms with van der Waals surface area (Å²) in [4.78, 5) is 26.6. The molecular formula is C21H23F3N2O3S. The molecule has 1 fully saturated rings. The van der Waals surface area contributed by atoms with E-state index < -0.39 is 24.0 Å². The maximum Gasteiger partial charge on any atom is 0.471 e. The molecule has 1 heterocycles. The van der Waals surface area contributed by atoms with Crippen molar-refractivity contribution in [3.05, 3.63) is 46.7 Å². The van der Waals surface area contributed by atoms with Crippen molar-refractivity contribution in [2.75, 3.05) is 12.0 Å². The van der Waals surface area contributed by atoms with Crippen LogP contribution in [0.1, 0.15) is 43.0 Å². The third kappa shape index (κ3) is 5.13. The zero-order valence-corrected chi connectivity index (χ0v) is 17.3. The first-order chi connectivity index (χ1) is 14.3. The van der Waals surface area contributed by atoms with E-state index in [4.69, 9.17) is 4.74 Å². The molecular weight excluding hydrogens is 417 g/mol. The largest absolute Gasteiger partial charge is 0.497 e. The SMILES string of the molecule is COc1cccc(N(C(=O)C(F)(F)F)C(C(=O)NC2CCCCC2)c2cccs2)c1. The summed E-state index contributed by atoms with van der Waals surface area (Å²) in [5.41, 5.74) is -0.0612. The summed E-state index contributed by atoms with van der Waals surface area (Å²) in [5, 5.41) is 4.53. The van der Waals surface area contributed by atoms with Gasteiger partial charge in [0.05, 0.1) is 7.11 Å². The highest BCUT2D eigenvalue weighted by Gasteiger charge is 2.48. The van der Waals surface area contributed by atoms with Crippen LogP contribution in [-0.2, 0) is 9.59 Å². The van der Waals surface area contributed by atoms with E-state index in [0.29, 0.717) is 9.78 Å². The van der Waals surface area contributed by atoms with E-state index in [1.54, 1.807) is 23.6 Å². The first-order valence-corrected chi connectivity index (χ1v) is 10.6. The molecule has 0 bridgehead atoms. The monoisotopic (exact) mass is 440 g/mol. The highest BCUT2D eigenvalue weighted by atomic mass is 32.1. The van der Waals surface area contributed by atoms with Crippen LogP contribution in [0.3, 0.4) is 0 Å². The van der Waals surface area contributed by atoms with Gasteiger partial charge in [-0.15, -0.1) is 11.3 Å². The van der Waals surface area contributed by atoms with Crippen molar-refractivity contribution in [1.82, 2.24) is 5.32 Å². The maximum absolute atomic E-state index is 13.5. The van der Waals surface area contributed by atoms with Crippen molar-refractivity contribution >= 4 is 28.8 Å². The summed E-state index contributed by atoms with van der Waals surface area (Å²) in [5.74, 6) is -2.44. The Morgan fingerprint density at radius 2 is 1.90 bits per heavy atom. The van der Waals surface area contributed by atoms with E-state index in [0.717, 1.165) is 43.4 Å². The van der Waals surface area contributed by atoms with Gasteiger partial charge in [-0.2, -0.15) is 13.2 Å². The number of carbonyl (C=O) groups is 2. The summed E-state index contributed by atoms with van der Waals surface area (Å²) in [6.45, 7) is 0. The van der Waals surface area contributed by atoms with Crippen molar-refractivity contribution in [3.8, 4) is 5.75 Å². The van der Waals surface area contributed by atoms with E-state index in [1.807, 2.05) is 0 Å². The van der Waals surface area contributed by atoms with Crippen molar-refractivity contribution in [2.45, 2.75) is 50.4 Å². The van der Waals surface area contributed by atoms with Gasteiger partial charge in [0.1, 0.15) is 5.75 Å². The van der Waals surface area contributed by atoms with Crippen molar-refractivity contribution in [3.63, 3.8) is 0 Å². The van der Waals surface area contributed by atoms with Gasteiger partial charge in [-0.05, 0) is 36.4 Å². The van der Waals surface area contributed by atoms with E-state index in [9.17, 15) is 22.8 Å².